The van der Waals surface area contributed by atoms with Crippen molar-refractivity contribution < 1.29 is 13.2 Å². The van der Waals surface area contributed by atoms with E-state index in [1.165, 1.54) is 0 Å². The standard InChI is InChI=1S/C11H19F3N2/c12-11(13,14)9-3-5-16(6-4-9)10-2-1-8(10)7-15/h8-10H,1-7,15H2. The molecule has 1 aliphatic carbocycles. The Bertz CT molecular complexity index is 232. The van der Waals surface area contributed by atoms with Gasteiger partial charge in [-0.15, -0.1) is 0 Å². The first-order valence-electron chi connectivity index (χ1n) is 6.03. The normalized spacial score (nSPS) is 33.8. The Morgan fingerprint density at radius 1 is 1.06 bits per heavy atom. The monoisotopic (exact) mass is 236 g/mol. The van der Waals surface area contributed by atoms with Crippen molar-refractivity contribution >= 4 is 0 Å². The van der Waals surface area contributed by atoms with Gasteiger partial charge in [0.2, 0.25) is 0 Å². The topological polar surface area (TPSA) is 29.3 Å². The van der Waals surface area contributed by atoms with Crippen LogP contribution in [0.4, 0.5) is 13.2 Å². The third-order valence-electron chi connectivity index (χ3n) is 4.14. The van der Waals surface area contributed by atoms with Crippen LogP contribution in [0.2, 0.25) is 0 Å². The predicted octanol–water partition coefficient (Wildman–Crippen LogP) is 2.00. The van der Waals surface area contributed by atoms with Gasteiger partial charge in [0.15, 0.2) is 0 Å². The lowest BCUT2D eigenvalue weighted by Crippen LogP contribution is -2.53. The van der Waals surface area contributed by atoms with E-state index in [9.17, 15) is 13.2 Å². The van der Waals surface area contributed by atoms with Crippen LogP contribution in [0.5, 0.6) is 0 Å². The lowest BCUT2D eigenvalue weighted by atomic mass is 9.77. The van der Waals surface area contributed by atoms with Gasteiger partial charge < -0.3 is 10.6 Å². The minimum atomic E-state index is -4.00. The lowest BCUT2D eigenvalue weighted by Gasteiger charge is -2.46. The fraction of sp³-hybridized carbons (Fsp3) is 1.00. The molecule has 2 N–H and O–H groups in total. The second kappa shape index (κ2) is 4.53. The van der Waals surface area contributed by atoms with E-state index in [0.29, 0.717) is 31.6 Å². The molecule has 16 heavy (non-hydrogen) atoms. The third kappa shape index (κ3) is 2.35. The summed E-state index contributed by atoms with van der Waals surface area (Å²) in [4.78, 5) is 2.21. The molecule has 0 bridgehead atoms. The molecule has 2 aliphatic rings. The zero-order chi connectivity index (χ0) is 11.8. The lowest BCUT2D eigenvalue weighted by molar-refractivity contribution is -0.187. The Kier molecular flexibility index (Phi) is 3.45. The van der Waals surface area contributed by atoms with E-state index in [0.717, 1.165) is 12.8 Å². The molecule has 2 nitrogen and oxygen atoms in total. The Balaban J connectivity index is 1.81. The predicted molar refractivity (Wildman–Crippen MR) is 55.9 cm³/mol. The van der Waals surface area contributed by atoms with Crippen LogP contribution in [-0.4, -0.2) is 36.8 Å². The summed E-state index contributed by atoms with van der Waals surface area (Å²) in [5.74, 6) is -0.567. The van der Waals surface area contributed by atoms with Gasteiger partial charge in [-0.05, 0) is 51.2 Å². The number of halogens is 3. The number of nitrogens with zero attached hydrogens (tertiary/aromatic N) is 1. The van der Waals surface area contributed by atoms with Gasteiger partial charge in [-0.1, -0.05) is 0 Å². The van der Waals surface area contributed by atoms with Crippen LogP contribution < -0.4 is 5.73 Å². The molecule has 5 heteroatoms. The Labute approximate surface area is 94.0 Å². The van der Waals surface area contributed by atoms with Gasteiger partial charge in [0.1, 0.15) is 0 Å². The molecule has 2 unspecified atom stereocenters. The number of rotatable bonds is 2. The van der Waals surface area contributed by atoms with Crippen LogP contribution in [0.25, 0.3) is 0 Å². The summed E-state index contributed by atoms with van der Waals surface area (Å²) < 4.78 is 37.4. The molecule has 2 fully saturated rings. The van der Waals surface area contributed by atoms with Gasteiger partial charge in [0, 0.05) is 6.04 Å². The molecule has 0 aromatic rings. The Morgan fingerprint density at radius 3 is 2.06 bits per heavy atom. The molecular weight excluding hydrogens is 217 g/mol. The highest BCUT2D eigenvalue weighted by Crippen LogP contribution is 2.38. The highest BCUT2D eigenvalue weighted by molar-refractivity contribution is 4.91. The zero-order valence-electron chi connectivity index (χ0n) is 9.34. The maximum absolute atomic E-state index is 12.5. The molecule has 0 amide bonds. The van der Waals surface area contributed by atoms with Gasteiger partial charge in [0.05, 0.1) is 5.92 Å². The van der Waals surface area contributed by atoms with Crippen molar-refractivity contribution in [2.75, 3.05) is 19.6 Å². The summed E-state index contributed by atoms with van der Waals surface area (Å²) in [6, 6.07) is 0.458. The van der Waals surface area contributed by atoms with Crippen molar-refractivity contribution in [2.45, 2.75) is 37.9 Å². The zero-order valence-corrected chi connectivity index (χ0v) is 9.34. The summed E-state index contributed by atoms with van der Waals surface area (Å²) >= 11 is 0. The summed E-state index contributed by atoms with van der Waals surface area (Å²) in [6.07, 6.45) is -1.23. The first-order valence-corrected chi connectivity index (χ1v) is 6.03. The molecule has 1 aliphatic heterocycles. The van der Waals surface area contributed by atoms with Gasteiger partial charge in [0.25, 0.3) is 0 Å². The molecule has 94 valence electrons. The van der Waals surface area contributed by atoms with E-state index in [1.807, 2.05) is 0 Å². The summed E-state index contributed by atoms with van der Waals surface area (Å²) in [6.45, 7) is 1.85. The van der Waals surface area contributed by atoms with Gasteiger partial charge in [-0.2, -0.15) is 13.2 Å². The van der Waals surface area contributed by atoms with Crippen LogP contribution in [-0.2, 0) is 0 Å². The molecule has 1 saturated carbocycles. The number of likely N-dealkylation sites (tertiary alicyclic amines) is 1. The average molecular weight is 236 g/mol. The van der Waals surface area contributed by atoms with E-state index < -0.39 is 12.1 Å². The van der Waals surface area contributed by atoms with E-state index in [4.69, 9.17) is 5.73 Å². The average Bonchev–Trinajstić information content (AvgIpc) is 2.16. The highest BCUT2D eigenvalue weighted by atomic mass is 19.4. The molecule has 1 saturated heterocycles. The summed E-state index contributed by atoms with van der Waals surface area (Å²) in [5.41, 5.74) is 5.62. The summed E-state index contributed by atoms with van der Waals surface area (Å²) in [7, 11) is 0. The molecule has 2 atom stereocenters. The second-order valence-corrected chi connectivity index (χ2v) is 4.99. The van der Waals surface area contributed by atoms with Crippen molar-refractivity contribution in [1.29, 1.82) is 0 Å². The quantitative estimate of drug-likeness (QED) is 0.794. The highest BCUT2D eigenvalue weighted by Gasteiger charge is 2.43. The maximum atomic E-state index is 12.5. The van der Waals surface area contributed by atoms with Crippen molar-refractivity contribution in [3.63, 3.8) is 0 Å². The Hall–Kier alpha value is -0.290. The van der Waals surface area contributed by atoms with Gasteiger partial charge >= 0.3 is 6.18 Å². The van der Waals surface area contributed by atoms with E-state index in [-0.39, 0.29) is 12.8 Å². The largest absolute Gasteiger partial charge is 0.391 e. The number of hydrogen-bond acceptors (Lipinski definition) is 2. The van der Waals surface area contributed by atoms with Crippen molar-refractivity contribution in [2.24, 2.45) is 17.6 Å². The van der Waals surface area contributed by atoms with Crippen LogP contribution in [0, 0.1) is 11.8 Å². The third-order valence-corrected chi connectivity index (χ3v) is 4.14. The van der Waals surface area contributed by atoms with Crippen molar-refractivity contribution in [1.82, 2.24) is 4.90 Å². The number of nitrogens with two attached hydrogens (primary N) is 1. The minimum Gasteiger partial charge on any atom is -0.330 e. The summed E-state index contributed by atoms with van der Waals surface area (Å²) in [5, 5.41) is 0. The van der Waals surface area contributed by atoms with Gasteiger partial charge in [-0.3, -0.25) is 0 Å². The van der Waals surface area contributed by atoms with E-state index in [2.05, 4.69) is 4.90 Å². The molecule has 0 radical (unpaired) electrons. The van der Waals surface area contributed by atoms with Gasteiger partial charge in [-0.25, -0.2) is 0 Å². The first kappa shape index (κ1) is 12.2. The minimum absolute atomic E-state index is 0.261. The second-order valence-electron chi connectivity index (χ2n) is 4.99. The SMILES string of the molecule is NCC1CCC1N1CCC(C(F)(F)F)CC1. The van der Waals surface area contributed by atoms with E-state index >= 15 is 0 Å². The van der Waals surface area contributed by atoms with Crippen molar-refractivity contribution in [3.8, 4) is 0 Å². The number of hydrogen-bond donors (Lipinski definition) is 1. The van der Waals surface area contributed by atoms with Crippen LogP contribution >= 0.6 is 0 Å². The molecule has 2 rings (SSSR count). The Morgan fingerprint density at radius 2 is 1.69 bits per heavy atom. The molecule has 0 aromatic carbocycles. The fourth-order valence-corrected chi connectivity index (χ4v) is 2.87. The molecular formula is C11H19F3N2. The van der Waals surface area contributed by atoms with Crippen LogP contribution in [0.1, 0.15) is 25.7 Å². The number of alkyl halides is 3. The van der Waals surface area contributed by atoms with E-state index in [1.54, 1.807) is 0 Å². The fourth-order valence-electron chi connectivity index (χ4n) is 2.87. The first-order chi connectivity index (χ1) is 7.52. The van der Waals surface area contributed by atoms with Crippen molar-refractivity contribution in [3.05, 3.63) is 0 Å². The smallest absolute Gasteiger partial charge is 0.330 e. The molecule has 0 aromatic heterocycles. The maximum Gasteiger partial charge on any atom is 0.391 e. The molecule has 0 spiro atoms. The van der Waals surface area contributed by atoms with Crippen LogP contribution in [0.3, 0.4) is 0 Å². The van der Waals surface area contributed by atoms with Crippen LogP contribution in [0.15, 0.2) is 0 Å². The molecule has 1 heterocycles. The number of piperidine rings is 1.